The van der Waals surface area contributed by atoms with E-state index in [0.717, 1.165) is 27.7 Å². The largest absolute Gasteiger partial charge is 0.483 e. The Hall–Kier alpha value is -2.62. The molecule has 3 aromatic rings. The van der Waals surface area contributed by atoms with Crippen LogP contribution in [0, 0.1) is 13.8 Å². The molecule has 1 heterocycles. The van der Waals surface area contributed by atoms with Gasteiger partial charge in [-0.2, -0.15) is 5.10 Å². The zero-order valence-electron chi connectivity index (χ0n) is 14.5. The monoisotopic (exact) mass is 322 g/mol. The van der Waals surface area contributed by atoms with Crippen LogP contribution in [-0.2, 0) is 0 Å². The average Bonchev–Trinajstić information content (AvgIpc) is 2.87. The zero-order valence-corrected chi connectivity index (χ0v) is 14.5. The average molecular weight is 322 g/mol. The van der Waals surface area contributed by atoms with Crippen molar-refractivity contribution >= 4 is 16.7 Å². The first-order valence-corrected chi connectivity index (χ1v) is 8.19. The van der Waals surface area contributed by atoms with Crippen LogP contribution in [0.2, 0.25) is 0 Å². The Kier molecular flexibility index (Phi) is 4.38. The lowest BCUT2D eigenvalue weighted by atomic mass is 10.0. The summed E-state index contributed by atoms with van der Waals surface area (Å²) in [5, 5.41) is 6.49. The van der Waals surface area contributed by atoms with Gasteiger partial charge in [0.25, 0.3) is 5.91 Å². The molecule has 124 valence electrons. The third-order valence-electron chi connectivity index (χ3n) is 4.26. The lowest BCUT2D eigenvalue weighted by Gasteiger charge is -2.10. The van der Waals surface area contributed by atoms with Crippen molar-refractivity contribution in [3.8, 4) is 5.75 Å². The Labute approximate surface area is 142 Å². The highest BCUT2D eigenvalue weighted by molar-refractivity contribution is 5.88. The minimum Gasteiger partial charge on any atom is -0.483 e. The second-order valence-electron chi connectivity index (χ2n) is 6.31. The molecule has 0 radical (unpaired) electrons. The third kappa shape index (κ3) is 2.92. The summed E-state index contributed by atoms with van der Waals surface area (Å²) in [5.74, 6) is 0.896. The summed E-state index contributed by atoms with van der Waals surface area (Å²) in [6.07, 6.45) is 0. The number of hydrogen-bond donors (Lipinski definition) is 0. The van der Waals surface area contributed by atoms with E-state index in [4.69, 9.17) is 4.74 Å². The van der Waals surface area contributed by atoms with Crippen molar-refractivity contribution in [1.82, 2.24) is 9.78 Å². The molecule has 4 heteroatoms. The Morgan fingerprint density at radius 2 is 1.83 bits per heavy atom. The van der Waals surface area contributed by atoms with Crippen LogP contribution in [0.3, 0.4) is 0 Å². The molecule has 3 rings (SSSR count). The fraction of sp³-hybridized carbons (Fsp3) is 0.300. The van der Waals surface area contributed by atoms with Gasteiger partial charge in [-0.15, -0.1) is 0 Å². The minimum absolute atomic E-state index is 0.0342. The fourth-order valence-electron chi connectivity index (χ4n) is 3.26. The van der Waals surface area contributed by atoms with Crippen LogP contribution in [0.5, 0.6) is 5.75 Å². The van der Waals surface area contributed by atoms with Crippen LogP contribution < -0.4 is 4.74 Å². The van der Waals surface area contributed by atoms with Crippen LogP contribution in [0.4, 0.5) is 0 Å². The summed E-state index contributed by atoms with van der Waals surface area (Å²) in [6.45, 7) is 8.06. The lowest BCUT2D eigenvalue weighted by Crippen LogP contribution is -2.22. The molecule has 0 aliphatic carbocycles. The predicted molar refractivity (Wildman–Crippen MR) is 95.9 cm³/mol. The summed E-state index contributed by atoms with van der Waals surface area (Å²) < 4.78 is 7.26. The molecule has 0 saturated heterocycles. The van der Waals surface area contributed by atoms with Gasteiger partial charge in [-0.3, -0.25) is 4.79 Å². The van der Waals surface area contributed by atoms with E-state index in [1.165, 1.54) is 4.68 Å². The van der Waals surface area contributed by atoms with Crippen molar-refractivity contribution in [3.63, 3.8) is 0 Å². The smallest absolute Gasteiger partial charge is 0.284 e. The highest BCUT2D eigenvalue weighted by atomic mass is 16.5. The zero-order chi connectivity index (χ0) is 17.3. The molecule has 0 atom stereocenters. The van der Waals surface area contributed by atoms with E-state index >= 15 is 0 Å². The maximum Gasteiger partial charge on any atom is 0.284 e. The van der Waals surface area contributed by atoms with E-state index in [1.807, 2.05) is 56.3 Å². The molecule has 24 heavy (non-hydrogen) atoms. The van der Waals surface area contributed by atoms with E-state index in [2.05, 4.69) is 18.9 Å². The predicted octanol–water partition coefficient (Wildman–Crippen LogP) is 4.50. The highest BCUT2D eigenvalue weighted by Crippen LogP contribution is 2.26. The van der Waals surface area contributed by atoms with Gasteiger partial charge in [-0.05, 0) is 36.8 Å². The standard InChI is InChI=1S/C20H22N2O2/c1-13(2)20-14(3)21-22(15(20)4)19(23)12-24-18-11-7-9-16-8-5-6-10-17(16)18/h5-11,13H,12H2,1-4H3. The third-order valence-corrected chi connectivity index (χ3v) is 4.26. The Morgan fingerprint density at radius 3 is 2.54 bits per heavy atom. The normalized spacial score (nSPS) is 11.2. The molecule has 2 aromatic carbocycles. The quantitative estimate of drug-likeness (QED) is 0.710. The number of benzene rings is 2. The fourth-order valence-corrected chi connectivity index (χ4v) is 3.26. The molecular weight excluding hydrogens is 300 g/mol. The van der Waals surface area contributed by atoms with Gasteiger partial charge in [-0.1, -0.05) is 50.2 Å². The number of fused-ring (bicyclic) bond motifs is 1. The summed E-state index contributed by atoms with van der Waals surface area (Å²) in [7, 11) is 0. The molecule has 0 saturated carbocycles. The second kappa shape index (κ2) is 6.48. The second-order valence-corrected chi connectivity index (χ2v) is 6.31. The van der Waals surface area contributed by atoms with Crippen LogP contribution in [0.15, 0.2) is 42.5 Å². The Morgan fingerprint density at radius 1 is 1.12 bits per heavy atom. The van der Waals surface area contributed by atoms with Crippen LogP contribution in [-0.4, -0.2) is 22.3 Å². The van der Waals surface area contributed by atoms with Gasteiger partial charge in [0.2, 0.25) is 0 Å². The number of ether oxygens (including phenoxy) is 1. The summed E-state index contributed by atoms with van der Waals surface area (Å²) in [4.78, 5) is 12.5. The SMILES string of the molecule is Cc1nn(C(=O)COc2cccc3ccccc23)c(C)c1C(C)C. The highest BCUT2D eigenvalue weighted by Gasteiger charge is 2.19. The van der Waals surface area contributed by atoms with Crippen molar-refractivity contribution in [2.24, 2.45) is 0 Å². The van der Waals surface area contributed by atoms with E-state index < -0.39 is 0 Å². The molecule has 0 spiro atoms. The molecular formula is C20H22N2O2. The Bertz CT molecular complexity index is 889. The first-order chi connectivity index (χ1) is 11.5. The number of hydrogen-bond acceptors (Lipinski definition) is 3. The molecule has 0 bridgehead atoms. The lowest BCUT2D eigenvalue weighted by molar-refractivity contribution is 0.0819. The minimum atomic E-state index is -0.157. The number of aromatic nitrogens is 2. The van der Waals surface area contributed by atoms with Crippen molar-refractivity contribution in [1.29, 1.82) is 0 Å². The van der Waals surface area contributed by atoms with Gasteiger partial charge < -0.3 is 4.74 Å². The van der Waals surface area contributed by atoms with E-state index in [-0.39, 0.29) is 12.5 Å². The van der Waals surface area contributed by atoms with Crippen molar-refractivity contribution in [3.05, 3.63) is 59.4 Å². The molecule has 0 aliphatic rings. The molecule has 4 nitrogen and oxygen atoms in total. The van der Waals surface area contributed by atoms with Crippen molar-refractivity contribution in [2.75, 3.05) is 6.61 Å². The van der Waals surface area contributed by atoms with Crippen LogP contribution in [0.25, 0.3) is 10.8 Å². The number of carbonyl (C=O) groups is 1. The maximum absolute atomic E-state index is 12.5. The molecule has 0 fully saturated rings. The molecule has 0 amide bonds. The summed E-state index contributed by atoms with van der Waals surface area (Å²) >= 11 is 0. The van der Waals surface area contributed by atoms with Gasteiger partial charge in [0.1, 0.15) is 5.75 Å². The van der Waals surface area contributed by atoms with Gasteiger partial charge in [-0.25, -0.2) is 4.68 Å². The van der Waals surface area contributed by atoms with Crippen molar-refractivity contribution < 1.29 is 9.53 Å². The van der Waals surface area contributed by atoms with Crippen LogP contribution in [0.1, 0.15) is 41.5 Å². The molecule has 0 unspecified atom stereocenters. The van der Waals surface area contributed by atoms with E-state index in [0.29, 0.717) is 11.7 Å². The Balaban J connectivity index is 1.82. The van der Waals surface area contributed by atoms with E-state index in [9.17, 15) is 4.79 Å². The molecule has 1 aromatic heterocycles. The van der Waals surface area contributed by atoms with Gasteiger partial charge in [0.15, 0.2) is 6.61 Å². The molecule has 0 aliphatic heterocycles. The summed E-state index contributed by atoms with van der Waals surface area (Å²) in [5.41, 5.74) is 2.93. The first-order valence-electron chi connectivity index (χ1n) is 8.19. The van der Waals surface area contributed by atoms with Crippen molar-refractivity contribution in [2.45, 2.75) is 33.6 Å². The topological polar surface area (TPSA) is 44.1 Å². The summed E-state index contributed by atoms with van der Waals surface area (Å²) in [6, 6.07) is 13.8. The van der Waals surface area contributed by atoms with Crippen LogP contribution >= 0.6 is 0 Å². The van der Waals surface area contributed by atoms with Gasteiger partial charge in [0.05, 0.1) is 5.69 Å². The van der Waals surface area contributed by atoms with Gasteiger partial charge >= 0.3 is 0 Å². The number of carbonyl (C=O) groups excluding carboxylic acids is 1. The molecule has 0 N–H and O–H groups in total. The first kappa shape index (κ1) is 16.2. The number of aryl methyl sites for hydroxylation is 1. The number of nitrogens with zero attached hydrogens (tertiary/aromatic N) is 2. The number of rotatable bonds is 4. The van der Waals surface area contributed by atoms with Gasteiger partial charge in [0, 0.05) is 11.1 Å². The maximum atomic E-state index is 12.5. The van der Waals surface area contributed by atoms with E-state index in [1.54, 1.807) is 0 Å².